The number of esters is 1. The molecule has 0 aromatic heterocycles. The zero-order chi connectivity index (χ0) is 12.0. The number of ether oxygens (including phenoxy) is 1. The molecule has 1 rings (SSSR count). The van der Waals surface area contributed by atoms with E-state index in [9.17, 15) is 4.79 Å². The van der Waals surface area contributed by atoms with Crippen LogP contribution in [-0.4, -0.2) is 17.6 Å². The van der Waals surface area contributed by atoms with Crippen LogP contribution in [0.1, 0.15) is 6.92 Å². The molecule has 4 nitrogen and oxygen atoms in total. The SMILES string of the molecule is CCOC(=O)C(=S)/N=N\c1ccc(Br)cc1. The van der Waals surface area contributed by atoms with Crippen molar-refractivity contribution in [1.29, 1.82) is 0 Å². The summed E-state index contributed by atoms with van der Waals surface area (Å²) in [5, 5.41) is 7.42. The van der Waals surface area contributed by atoms with E-state index in [1.54, 1.807) is 19.1 Å². The molecule has 6 heteroatoms. The maximum Gasteiger partial charge on any atom is 0.370 e. The first-order chi connectivity index (χ1) is 7.63. The van der Waals surface area contributed by atoms with Gasteiger partial charge in [-0.2, -0.15) is 0 Å². The Morgan fingerprint density at radius 1 is 1.44 bits per heavy atom. The van der Waals surface area contributed by atoms with E-state index in [-0.39, 0.29) is 11.6 Å². The third-order valence-corrected chi connectivity index (χ3v) is 2.31. The molecule has 0 spiro atoms. The lowest BCUT2D eigenvalue weighted by Crippen LogP contribution is -2.12. The predicted molar refractivity (Wildman–Crippen MR) is 67.9 cm³/mol. The zero-order valence-corrected chi connectivity index (χ0v) is 10.9. The van der Waals surface area contributed by atoms with Crippen LogP contribution in [0.25, 0.3) is 0 Å². The second-order valence-electron chi connectivity index (χ2n) is 2.70. The van der Waals surface area contributed by atoms with Crippen molar-refractivity contribution in [2.24, 2.45) is 10.2 Å². The minimum Gasteiger partial charge on any atom is -0.461 e. The van der Waals surface area contributed by atoms with Crippen LogP contribution in [0, 0.1) is 0 Å². The van der Waals surface area contributed by atoms with E-state index in [1.807, 2.05) is 12.1 Å². The van der Waals surface area contributed by atoms with Crippen molar-refractivity contribution in [1.82, 2.24) is 0 Å². The molecule has 0 saturated carbocycles. The van der Waals surface area contributed by atoms with Gasteiger partial charge in [0.1, 0.15) is 0 Å². The van der Waals surface area contributed by atoms with Crippen molar-refractivity contribution >= 4 is 44.8 Å². The average molecular weight is 301 g/mol. The van der Waals surface area contributed by atoms with Crippen LogP contribution in [0.3, 0.4) is 0 Å². The zero-order valence-electron chi connectivity index (χ0n) is 8.51. The number of azo groups is 1. The lowest BCUT2D eigenvalue weighted by atomic mass is 10.3. The highest BCUT2D eigenvalue weighted by Crippen LogP contribution is 2.17. The van der Waals surface area contributed by atoms with Crippen LogP contribution in [0.2, 0.25) is 0 Å². The molecule has 1 aromatic carbocycles. The van der Waals surface area contributed by atoms with Gasteiger partial charge in [0.2, 0.25) is 4.99 Å². The van der Waals surface area contributed by atoms with E-state index in [1.165, 1.54) is 0 Å². The number of halogens is 1. The van der Waals surface area contributed by atoms with Crippen LogP contribution in [0.4, 0.5) is 5.69 Å². The molecule has 0 unspecified atom stereocenters. The van der Waals surface area contributed by atoms with Gasteiger partial charge in [-0.3, -0.25) is 0 Å². The van der Waals surface area contributed by atoms with Gasteiger partial charge in [0, 0.05) is 4.47 Å². The van der Waals surface area contributed by atoms with Crippen LogP contribution >= 0.6 is 28.1 Å². The van der Waals surface area contributed by atoms with Crippen molar-refractivity contribution in [3.63, 3.8) is 0 Å². The van der Waals surface area contributed by atoms with Gasteiger partial charge in [-0.1, -0.05) is 15.9 Å². The van der Waals surface area contributed by atoms with Crippen LogP contribution < -0.4 is 0 Å². The molecule has 0 heterocycles. The van der Waals surface area contributed by atoms with Crippen LogP contribution in [0.15, 0.2) is 39.0 Å². The second-order valence-corrected chi connectivity index (χ2v) is 4.00. The first-order valence-corrected chi connectivity index (χ1v) is 5.72. The molecule has 1 aromatic rings. The Bertz CT molecular complexity index is 417. The van der Waals surface area contributed by atoms with Gasteiger partial charge >= 0.3 is 5.97 Å². The van der Waals surface area contributed by atoms with Gasteiger partial charge in [-0.15, -0.1) is 10.2 Å². The first kappa shape index (κ1) is 12.9. The highest BCUT2D eigenvalue weighted by Gasteiger charge is 2.08. The van der Waals surface area contributed by atoms with Gasteiger partial charge in [0.15, 0.2) is 0 Å². The molecule has 0 aliphatic heterocycles. The Hall–Kier alpha value is -1.14. The molecular formula is C10H9BrN2O2S. The Labute approximate surface area is 107 Å². The lowest BCUT2D eigenvalue weighted by Gasteiger charge is -1.97. The van der Waals surface area contributed by atoms with E-state index < -0.39 is 5.97 Å². The second kappa shape index (κ2) is 6.44. The molecular weight excluding hydrogens is 292 g/mol. The summed E-state index contributed by atoms with van der Waals surface area (Å²) >= 11 is 8.02. The Morgan fingerprint density at radius 3 is 2.62 bits per heavy atom. The van der Waals surface area contributed by atoms with Crippen molar-refractivity contribution in [3.8, 4) is 0 Å². The Balaban J connectivity index is 2.63. The number of carbonyl (C=O) groups is 1. The summed E-state index contributed by atoms with van der Waals surface area (Å²) in [7, 11) is 0. The maximum atomic E-state index is 11.1. The highest BCUT2D eigenvalue weighted by molar-refractivity contribution is 9.10. The topological polar surface area (TPSA) is 51.0 Å². The van der Waals surface area contributed by atoms with Crippen molar-refractivity contribution < 1.29 is 9.53 Å². The fourth-order valence-corrected chi connectivity index (χ4v) is 1.21. The summed E-state index contributed by atoms with van der Waals surface area (Å²) in [5.41, 5.74) is 0.620. The molecule has 0 saturated heterocycles. The summed E-state index contributed by atoms with van der Waals surface area (Å²) in [5.74, 6) is -0.627. The number of hydrogen-bond donors (Lipinski definition) is 0. The molecule has 0 aliphatic carbocycles. The molecule has 16 heavy (non-hydrogen) atoms. The predicted octanol–water partition coefficient (Wildman–Crippen LogP) is 3.42. The van der Waals surface area contributed by atoms with E-state index >= 15 is 0 Å². The molecule has 0 atom stereocenters. The van der Waals surface area contributed by atoms with Gasteiger partial charge in [-0.25, -0.2) is 4.79 Å². The summed E-state index contributed by atoms with van der Waals surface area (Å²) < 4.78 is 5.61. The van der Waals surface area contributed by atoms with Gasteiger partial charge in [-0.05, 0) is 43.4 Å². The molecule has 0 N–H and O–H groups in total. The molecule has 0 bridgehead atoms. The number of hydrogen-bond acceptors (Lipinski definition) is 4. The minimum atomic E-state index is -0.627. The third-order valence-electron chi connectivity index (χ3n) is 1.53. The van der Waals surface area contributed by atoms with E-state index in [4.69, 9.17) is 12.2 Å². The van der Waals surface area contributed by atoms with Gasteiger partial charge in [0.05, 0.1) is 12.3 Å². The summed E-state index contributed by atoms with van der Waals surface area (Å²) in [6, 6.07) is 7.15. The number of carbonyl (C=O) groups excluding carboxylic acids is 1. The lowest BCUT2D eigenvalue weighted by molar-refractivity contribution is -0.134. The average Bonchev–Trinajstić information content (AvgIpc) is 2.28. The quantitative estimate of drug-likeness (QED) is 0.478. The Morgan fingerprint density at radius 2 is 2.06 bits per heavy atom. The molecule has 0 amide bonds. The smallest absolute Gasteiger partial charge is 0.370 e. The van der Waals surface area contributed by atoms with Crippen molar-refractivity contribution in [3.05, 3.63) is 28.7 Å². The summed E-state index contributed by atoms with van der Waals surface area (Å²) in [4.78, 5) is 10.9. The van der Waals surface area contributed by atoms with E-state index in [2.05, 4.69) is 30.9 Å². The van der Waals surface area contributed by atoms with Gasteiger partial charge < -0.3 is 4.74 Å². The first-order valence-electron chi connectivity index (χ1n) is 4.52. The van der Waals surface area contributed by atoms with E-state index in [0.717, 1.165) is 4.47 Å². The van der Waals surface area contributed by atoms with Gasteiger partial charge in [0.25, 0.3) is 0 Å². The normalized spacial score (nSPS) is 10.4. The minimum absolute atomic E-state index is 0.176. The number of benzene rings is 1. The maximum absolute atomic E-state index is 11.1. The standard InChI is InChI=1S/C10H9BrN2O2S/c1-2-15-10(14)9(16)13-12-8-5-3-7(11)4-6-8/h3-6H,2H2,1H3/b13-12-. The number of nitrogens with zero attached hydrogens (tertiary/aromatic N) is 2. The Kier molecular flexibility index (Phi) is 5.21. The van der Waals surface area contributed by atoms with Crippen LogP contribution in [-0.2, 0) is 9.53 Å². The molecule has 0 fully saturated rings. The third kappa shape index (κ3) is 4.16. The number of rotatable bonds is 2. The van der Waals surface area contributed by atoms with Crippen molar-refractivity contribution in [2.45, 2.75) is 6.92 Å². The fraction of sp³-hybridized carbons (Fsp3) is 0.200. The molecule has 84 valence electrons. The highest BCUT2D eigenvalue weighted by atomic mass is 79.9. The summed E-state index contributed by atoms with van der Waals surface area (Å²) in [6.07, 6.45) is 0. The van der Waals surface area contributed by atoms with Crippen LogP contribution in [0.5, 0.6) is 0 Å². The summed E-state index contributed by atoms with van der Waals surface area (Å²) in [6.45, 7) is 1.97. The van der Waals surface area contributed by atoms with E-state index in [0.29, 0.717) is 5.69 Å². The monoisotopic (exact) mass is 300 g/mol. The fourth-order valence-electron chi connectivity index (χ4n) is 0.845. The largest absolute Gasteiger partial charge is 0.461 e. The molecule has 0 radical (unpaired) electrons. The number of thiocarbonyl (C=S) groups is 1. The molecule has 0 aliphatic rings. The van der Waals surface area contributed by atoms with Crippen molar-refractivity contribution in [2.75, 3.05) is 6.61 Å².